The van der Waals surface area contributed by atoms with Crippen LogP contribution in [0.25, 0.3) is 21.5 Å². The predicted octanol–water partition coefficient (Wildman–Crippen LogP) is -2.31. The van der Waals surface area contributed by atoms with Gasteiger partial charge in [0, 0.05) is 0 Å². The molecule has 3 aliphatic heterocycles. The molecule has 0 amide bonds. The average molecular weight is 707 g/mol. The third-order valence-electron chi connectivity index (χ3n) is 7.34. The van der Waals surface area contributed by atoms with Crippen LogP contribution in [0.1, 0.15) is 12.5 Å². The molecule has 0 spiro atoms. The van der Waals surface area contributed by atoms with Crippen LogP contribution in [0.15, 0.2) is 22.2 Å². The number of aliphatic hydroxyl groups excluding tert-OH is 2. The Bertz CT molecular complexity index is 2050. The summed E-state index contributed by atoms with van der Waals surface area (Å²) in [6.07, 6.45) is -11.2. The summed E-state index contributed by atoms with van der Waals surface area (Å²) in [5.74, 6) is -0.306. The first-order valence-electron chi connectivity index (χ1n) is 13.1. The second kappa shape index (κ2) is 11.2. The predicted molar refractivity (Wildman–Crippen MR) is 150 cm³/mol. The number of nitrogen functional groups attached to an aromatic ring is 2. The lowest BCUT2D eigenvalue weighted by molar-refractivity contribution is -0.0666. The van der Waals surface area contributed by atoms with Gasteiger partial charge < -0.3 is 40.9 Å². The molecule has 7 heterocycles. The van der Waals surface area contributed by atoms with E-state index in [1.54, 1.807) is 0 Å². The van der Waals surface area contributed by atoms with E-state index in [1.807, 2.05) is 0 Å². The van der Waals surface area contributed by atoms with Gasteiger partial charge in [0.1, 0.15) is 53.5 Å². The van der Waals surface area contributed by atoms with Gasteiger partial charge in [0.15, 0.2) is 29.3 Å². The summed E-state index contributed by atoms with van der Waals surface area (Å²) in [6, 6.07) is 0. The van der Waals surface area contributed by atoms with Crippen LogP contribution in [0.5, 0.6) is 0 Å². The first-order valence-corrected chi connectivity index (χ1v) is 16.9. The molecule has 3 saturated heterocycles. The molecule has 26 heteroatoms. The molecule has 4 aromatic heterocycles. The lowest BCUT2D eigenvalue weighted by atomic mass is 10.1. The molecular formula is C20H23N9O14P2S. The highest BCUT2D eigenvalue weighted by Crippen LogP contribution is 2.53. The minimum atomic E-state index is -5.12. The number of aromatic amines is 1. The van der Waals surface area contributed by atoms with Crippen LogP contribution in [0, 0.1) is 0 Å². The van der Waals surface area contributed by atoms with E-state index >= 15 is 0 Å². The number of thiazole rings is 1. The summed E-state index contributed by atoms with van der Waals surface area (Å²) in [7, 11) is -10.2. The number of nitrogens with one attached hydrogen (secondary N) is 1. The van der Waals surface area contributed by atoms with Crippen molar-refractivity contribution < 1.29 is 56.7 Å². The highest BCUT2D eigenvalue weighted by atomic mass is 32.1. The highest BCUT2D eigenvalue weighted by Gasteiger charge is 2.54. The zero-order chi connectivity index (χ0) is 32.7. The lowest BCUT2D eigenvalue weighted by Gasteiger charge is -2.27. The van der Waals surface area contributed by atoms with E-state index in [2.05, 4.69) is 24.9 Å². The molecule has 3 fully saturated rings. The van der Waals surface area contributed by atoms with Gasteiger partial charge in [-0.15, -0.1) is 0 Å². The minimum Gasteiger partial charge on any atom is -0.386 e. The van der Waals surface area contributed by atoms with Gasteiger partial charge in [-0.25, -0.2) is 24.1 Å². The van der Waals surface area contributed by atoms with E-state index in [-0.39, 0.29) is 33.3 Å². The van der Waals surface area contributed by atoms with Crippen molar-refractivity contribution in [3.8, 4) is 0 Å². The highest BCUT2D eigenvalue weighted by molar-refractivity contribution is 7.47. The van der Waals surface area contributed by atoms with Crippen molar-refractivity contribution in [3.63, 3.8) is 0 Å². The van der Waals surface area contributed by atoms with Gasteiger partial charge in [0.25, 0.3) is 5.56 Å². The number of anilines is 2. The standard InChI is InChI=1S/C20H23N9O14P2S/c21-13-12-15(24-3-23-13)29(20(33)46-12)18-9(31)11-6(41-18)2-39-44(34,35)42-10-5(1-38-45(36,37)43-11)40-17(8(10)30)28-4-25-7-14(28)26-19(22)27-16(7)32/h3-6,8-11,17-18,30-31H,1-2H2,(H,34,35)(H,36,37)(H2,21,23,24)(H3,22,26,27,32)/t5-,6-,8-,9-,10-,11-,17-,18-/m1/s1. The van der Waals surface area contributed by atoms with Gasteiger partial charge in [0.2, 0.25) is 5.95 Å². The summed E-state index contributed by atoms with van der Waals surface area (Å²) in [5, 5.41) is 22.3. The maximum absolute atomic E-state index is 13.1. The van der Waals surface area contributed by atoms with Crippen molar-refractivity contribution in [2.24, 2.45) is 0 Å². The zero-order valence-corrected chi connectivity index (χ0v) is 25.3. The van der Waals surface area contributed by atoms with Crippen LogP contribution in [-0.4, -0.2) is 104 Å². The number of phosphoric acid groups is 2. The van der Waals surface area contributed by atoms with E-state index < -0.39 is 88.4 Å². The van der Waals surface area contributed by atoms with Crippen molar-refractivity contribution in [1.29, 1.82) is 0 Å². The van der Waals surface area contributed by atoms with Gasteiger partial charge >= 0.3 is 20.5 Å². The largest absolute Gasteiger partial charge is 0.472 e. The van der Waals surface area contributed by atoms with E-state index in [9.17, 15) is 38.7 Å². The molecule has 3 aliphatic rings. The number of nitrogens with two attached hydrogens (primary N) is 2. The molecule has 2 unspecified atom stereocenters. The monoisotopic (exact) mass is 707 g/mol. The fourth-order valence-electron chi connectivity index (χ4n) is 5.34. The van der Waals surface area contributed by atoms with Gasteiger partial charge in [-0.2, -0.15) is 4.98 Å². The van der Waals surface area contributed by atoms with E-state index in [0.717, 1.165) is 21.8 Å². The number of aromatic nitrogens is 7. The number of H-pyrrole nitrogens is 1. The number of fused-ring (bicyclic) bond motifs is 4. The smallest absolute Gasteiger partial charge is 0.386 e. The molecule has 0 aromatic carbocycles. The SMILES string of the molecule is Nc1nc2c(ncn2[C@@H]2O[C@@H]3COP(=O)(O)O[C@H]4[C@@H](O)[C@H](n5c(=O)sc6c(N)ncnc65)O[C@@H]4COP(=O)(O)O[C@H]3[C@H]2O)c(=O)[nH]1. The van der Waals surface area contributed by atoms with Crippen LogP contribution in [-0.2, 0) is 36.7 Å². The topological polar surface area (TPSA) is 334 Å². The lowest BCUT2D eigenvalue weighted by Crippen LogP contribution is -2.39. The Morgan fingerprint density at radius 1 is 0.913 bits per heavy atom. The third-order valence-corrected chi connectivity index (χ3v) is 10.3. The zero-order valence-electron chi connectivity index (χ0n) is 22.7. The Hall–Kier alpha value is -3.22. The van der Waals surface area contributed by atoms with Crippen LogP contribution >= 0.6 is 27.0 Å². The summed E-state index contributed by atoms with van der Waals surface area (Å²) in [4.78, 5) is 63.6. The van der Waals surface area contributed by atoms with Gasteiger partial charge in [0.05, 0.1) is 19.5 Å². The number of imidazole rings is 1. The van der Waals surface area contributed by atoms with Crippen molar-refractivity contribution >= 4 is 60.3 Å². The summed E-state index contributed by atoms with van der Waals surface area (Å²) in [6.45, 7) is -1.77. The second-order valence-electron chi connectivity index (χ2n) is 10.2. The number of ether oxygens (including phenoxy) is 2. The van der Waals surface area contributed by atoms with E-state index in [1.165, 1.54) is 0 Å². The fraction of sp³-hybridized carbons (Fsp3) is 0.500. The molecule has 4 aromatic rings. The molecule has 0 radical (unpaired) electrons. The Balaban J connectivity index is 1.18. The molecule has 10 atom stereocenters. The molecule has 0 aliphatic carbocycles. The van der Waals surface area contributed by atoms with Crippen LogP contribution in [0.4, 0.5) is 11.8 Å². The third kappa shape index (κ3) is 5.35. The molecule has 248 valence electrons. The van der Waals surface area contributed by atoms with E-state index in [4.69, 9.17) is 39.0 Å². The van der Waals surface area contributed by atoms with Crippen molar-refractivity contribution in [2.75, 3.05) is 24.7 Å². The van der Waals surface area contributed by atoms with Crippen molar-refractivity contribution in [3.05, 3.63) is 32.7 Å². The molecule has 0 saturated carbocycles. The maximum atomic E-state index is 13.1. The average Bonchev–Trinajstić information content (AvgIpc) is 3.70. The molecule has 7 rings (SSSR count). The van der Waals surface area contributed by atoms with E-state index in [0.29, 0.717) is 11.3 Å². The molecule has 23 nitrogen and oxygen atoms in total. The summed E-state index contributed by atoms with van der Waals surface area (Å²) in [5.41, 5.74) is 10.4. The van der Waals surface area contributed by atoms with Crippen molar-refractivity contribution in [2.45, 2.75) is 49.1 Å². The molecule has 46 heavy (non-hydrogen) atoms. The number of hydrogen-bond acceptors (Lipinski definition) is 19. The number of phosphoric ester groups is 2. The van der Waals surface area contributed by atoms with Gasteiger partial charge in [-0.3, -0.25) is 41.8 Å². The van der Waals surface area contributed by atoms with Gasteiger partial charge in [-0.05, 0) is 0 Å². The van der Waals surface area contributed by atoms with Crippen LogP contribution < -0.4 is 21.9 Å². The normalized spacial score (nSPS) is 37.1. The Kier molecular flexibility index (Phi) is 7.64. The minimum absolute atomic E-state index is 0.0222. The maximum Gasteiger partial charge on any atom is 0.472 e. The summed E-state index contributed by atoms with van der Waals surface area (Å²) >= 11 is 0.648. The second-order valence-corrected chi connectivity index (χ2v) is 14.0. The Morgan fingerprint density at radius 3 is 2.17 bits per heavy atom. The Labute approximate surface area is 257 Å². The number of rotatable bonds is 2. The Morgan fingerprint density at radius 2 is 1.52 bits per heavy atom. The first-order chi connectivity index (χ1) is 21.7. The number of nitrogens with zero attached hydrogens (tertiary/aromatic N) is 6. The van der Waals surface area contributed by atoms with Gasteiger partial charge in [-0.1, -0.05) is 11.3 Å². The quantitative estimate of drug-likeness (QED) is 0.108. The van der Waals surface area contributed by atoms with Crippen LogP contribution in [0.2, 0.25) is 0 Å². The molecule has 9 N–H and O–H groups in total. The molecular weight excluding hydrogens is 684 g/mol. The first kappa shape index (κ1) is 31.4. The van der Waals surface area contributed by atoms with Crippen molar-refractivity contribution in [1.82, 2.24) is 34.1 Å². The van der Waals surface area contributed by atoms with Crippen LogP contribution in [0.3, 0.4) is 0 Å². The molecule has 0 bridgehead atoms. The number of hydrogen-bond donors (Lipinski definition) is 7. The summed E-state index contributed by atoms with van der Waals surface area (Å²) < 4.78 is 60.5. The number of aliphatic hydroxyl groups is 2. The fourth-order valence-corrected chi connectivity index (χ4v) is 8.13.